The van der Waals surface area contributed by atoms with E-state index in [1.165, 1.54) is 35.3 Å². The van der Waals surface area contributed by atoms with Crippen molar-refractivity contribution in [2.75, 3.05) is 19.6 Å². The standard InChI is InChI=1S/C12H19BrN2S/c1-2-15-5-3-4-11(15)7-14-8-12-6-10(13)9-16-12/h6,9,11,14H,2-5,7-8H2,1H3. The van der Waals surface area contributed by atoms with Gasteiger partial charge in [-0.15, -0.1) is 11.3 Å². The van der Waals surface area contributed by atoms with Crippen LogP contribution in [-0.4, -0.2) is 30.6 Å². The van der Waals surface area contributed by atoms with Crippen molar-refractivity contribution in [3.63, 3.8) is 0 Å². The summed E-state index contributed by atoms with van der Waals surface area (Å²) in [7, 11) is 0. The quantitative estimate of drug-likeness (QED) is 0.899. The van der Waals surface area contributed by atoms with Gasteiger partial charge in [-0.05, 0) is 47.9 Å². The van der Waals surface area contributed by atoms with E-state index >= 15 is 0 Å². The van der Waals surface area contributed by atoms with E-state index in [4.69, 9.17) is 0 Å². The highest BCUT2D eigenvalue weighted by Gasteiger charge is 2.21. The fourth-order valence-electron chi connectivity index (χ4n) is 2.35. The van der Waals surface area contributed by atoms with Gasteiger partial charge in [-0.25, -0.2) is 0 Å². The fourth-order valence-corrected chi connectivity index (χ4v) is 3.77. The normalized spacial score (nSPS) is 21.8. The Balaban J connectivity index is 1.71. The molecule has 2 rings (SSSR count). The summed E-state index contributed by atoms with van der Waals surface area (Å²) in [5.74, 6) is 0. The van der Waals surface area contributed by atoms with Crippen molar-refractivity contribution in [1.82, 2.24) is 10.2 Å². The molecule has 1 aromatic rings. The second-order valence-electron chi connectivity index (χ2n) is 4.29. The van der Waals surface area contributed by atoms with Crippen LogP contribution in [0.2, 0.25) is 0 Å². The molecular weight excluding hydrogens is 284 g/mol. The highest BCUT2D eigenvalue weighted by atomic mass is 79.9. The van der Waals surface area contributed by atoms with Crippen LogP contribution in [0.5, 0.6) is 0 Å². The number of hydrogen-bond donors (Lipinski definition) is 1. The minimum Gasteiger partial charge on any atom is -0.310 e. The van der Waals surface area contributed by atoms with Crippen LogP contribution in [0.3, 0.4) is 0 Å². The van der Waals surface area contributed by atoms with E-state index in [0.29, 0.717) is 0 Å². The van der Waals surface area contributed by atoms with Gasteiger partial charge in [0.15, 0.2) is 0 Å². The lowest BCUT2D eigenvalue weighted by Crippen LogP contribution is -2.37. The molecule has 0 radical (unpaired) electrons. The van der Waals surface area contributed by atoms with Crippen molar-refractivity contribution < 1.29 is 0 Å². The number of hydrogen-bond acceptors (Lipinski definition) is 3. The first-order valence-corrected chi connectivity index (χ1v) is 7.64. The van der Waals surface area contributed by atoms with Crippen molar-refractivity contribution in [2.24, 2.45) is 0 Å². The number of likely N-dealkylation sites (tertiary alicyclic amines) is 1. The molecule has 1 fully saturated rings. The summed E-state index contributed by atoms with van der Waals surface area (Å²) in [4.78, 5) is 3.99. The van der Waals surface area contributed by atoms with Crippen molar-refractivity contribution in [1.29, 1.82) is 0 Å². The van der Waals surface area contributed by atoms with Crippen LogP contribution in [0, 0.1) is 0 Å². The Kier molecular flexibility index (Phi) is 4.82. The summed E-state index contributed by atoms with van der Waals surface area (Å²) in [5, 5.41) is 5.71. The number of nitrogens with one attached hydrogen (secondary N) is 1. The Labute approximate surface area is 110 Å². The lowest BCUT2D eigenvalue weighted by molar-refractivity contribution is 0.260. The Morgan fingerprint density at radius 2 is 2.50 bits per heavy atom. The molecule has 2 heterocycles. The van der Waals surface area contributed by atoms with E-state index < -0.39 is 0 Å². The number of halogens is 1. The molecular formula is C12H19BrN2S. The first-order chi connectivity index (χ1) is 7.79. The third kappa shape index (κ3) is 3.29. The largest absolute Gasteiger partial charge is 0.310 e. The summed E-state index contributed by atoms with van der Waals surface area (Å²) < 4.78 is 1.20. The van der Waals surface area contributed by atoms with Gasteiger partial charge in [0.25, 0.3) is 0 Å². The molecule has 90 valence electrons. The van der Waals surface area contributed by atoms with Crippen molar-refractivity contribution >= 4 is 27.3 Å². The third-order valence-corrected chi connectivity index (χ3v) is 4.90. The smallest absolute Gasteiger partial charge is 0.0300 e. The van der Waals surface area contributed by atoms with Crippen molar-refractivity contribution in [3.8, 4) is 0 Å². The molecule has 1 unspecified atom stereocenters. The zero-order valence-electron chi connectivity index (χ0n) is 9.71. The highest BCUT2D eigenvalue weighted by Crippen LogP contribution is 2.20. The molecule has 0 amide bonds. The molecule has 0 bridgehead atoms. The van der Waals surface area contributed by atoms with Gasteiger partial charge >= 0.3 is 0 Å². The minimum absolute atomic E-state index is 0.758. The van der Waals surface area contributed by atoms with Crippen molar-refractivity contribution in [3.05, 3.63) is 20.8 Å². The SMILES string of the molecule is CCN1CCCC1CNCc1cc(Br)cs1. The summed E-state index contributed by atoms with van der Waals surface area (Å²) in [5.41, 5.74) is 0. The zero-order chi connectivity index (χ0) is 11.4. The average Bonchev–Trinajstić information content (AvgIpc) is 2.87. The summed E-state index contributed by atoms with van der Waals surface area (Å²) in [6.07, 6.45) is 2.72. The number of thiophene rings is 1. The number of rotatable bonds is 5. The first kappa shape index (κ1) is 12.6. The van der Waals surface area contributed by atoms with Crippen LogP contribution in [0.15, 0.2) is 15.9 Å². The molecule has 2 nitrogen and oxygen atoms in total. The molecule has 0 aliphatic carbocycles. The number of likely N-dealkylation sites (N-methyl/N-ethyl adjacent to an activating group) is 1. The molecule has 4 heteroatoms. The predicted octanol–water partition coefficient (Wildman–Crippen LogP) is 3.08. The second kappa shape index (κ2) is 6.15. The molecule has 1 N–H and O–H groups in total. The monoisotopic (exact) mass is 302 g/mol. The minimum atomic E-state index is 0.758. The van der Waals surface area contributed by atoms with E-state index in [-0.39, 0.29) is 0 Å². The maximum atomic E-state index is 3.57. The van der Waals surface area contributed by atoms with Crippen LogP contribution in [-0.2, 0) is 6.54 Å². The van der Waals surface area contributed by atoms with Crippen LogP contribution in [0.25, 0.3) is 0 Å². The molecule has 1 aromatic heterocycles. The van der Waals surface area contributed by atoms with Gasteiger partial charge in [0.05, 0.1) is 0 Å². The van der Waals surface area contributed by atoms with Crippen LogP contribution in [0.4, 0.5) is 0 Å². The van der Waals surface area contributed by atoms with E-state index in [2.05, 4.69) is 44.5 Å². The van der Waals surface area contributed by atoms with Gasteiger partial charge in [-0.1, -0.05) is 6.92 Å². The van der Waals surface area contributed by atoms with E-state index in [9.17, 15) is 0 Å². The molecule has 1 aliphatic heterocycles. The lowest BCUT2D eigenvalue weighted by atomic mass is 10.2. The summed E-state index contributed by atoms with van der Waals surface area (Å²) >= 11 is 5.30. The maximum Gasteiger partial charge on any atom is 0.0300 e. The van der Waals surface area contributed by atoms with E-state index in [1.54, 1.807) is 0 Å². The number of nitrogens with zero attached hydrogens (tertiary/aromatic N) is 1. The van der Waals surface area contributed by atoms with Crippen LogP contribution >= 0.6 is 27.3 Å². The van der Waals surface area contributed by atoms with Crippen LogP contribution in [0.1, 0.15) is 24.6 Å². The molecule has 0 spiro atoms. The fraction of sp³-hybridized carbons (Fsp3) is 0.667. The van der Waals surface area contributed by atoms with Gasteiger partial charge in [-0.3, -0.25) is 4.90 Å². The Morgan fingerprint density at radius 3 is 3.19 bits per heavy atom. The van der Waals surface area contributed by atoms with Gasteiger partial charge in [0.2, 0.25) is 0 Å². The maximum absolute atomic E-state index is 3.57. The highest BCUT2D eigenvalue weighted by molar-refractivity contribution is 9.10. The molecule has 0 saturated carbocycles. The average molecular weight is 303 g/mol. The third-order valence-electron chi connectivity index (χ3n) is 3.21. The Bertz CT molecular complexity index is 327. The van der Waals surface area contributed by atoms with Crippen LogP contribution < -0.4 is 5.32 Å². The summed E-state index contributed by atoms with van der Waals surface area (Å²) in [6.45, 7) is 6.87. The van der Waals surface area contributed by atoms with Gasteiger partial charge in [0, 0.05) is 33.9 Å². The lowest BCUT2D eigenvalue weighted by Gasteiger charge is -2.22. The molecule has 1 aliphatic rings. The van der Waals surface area contributed by atoms with Gasteiger partial charge < -0.3 is 5.32 Å². The molecule has 1 atom stereocenters. The predicted molar refractivity (Wildman–Crippen MR) is 74.0 cm³/mol. The molecule has 16 heavy (non-hydrogen) atoms. The summed E-state index contributed by atoms with van der Waals surface area (Å²) in [6, 6.07) is 2.96. The van der Waals surface area contributed by atoms with Crippen molar-refractivity contribution in [2.45, 2.75) is 32.4 Å². The second-order valence-corrected chi connectivity index (χ2v) is 6.20. The topological polar surface area (TPSA) is 15.3 Å². The van der Waals surface area contributed by atoms with E-state index in [1.807, 2.05) is 11.3 Å². The Hall–Kier alpha value is 0.1000. The van der Waals surface area contributed by atoms with E-state index in [0.717, 1.165) is 19.1 Å². The molecule has 1 saturated heterocycles. The molecule has 0 aromatic carbocycles. The Morgan fingerprint density at radius 1 is 1.62 bits per heavy atom. The van der Waals surface area contributed by atoms with Gasteiger partial charge in [-0.2, -0.15) is 0 Å². The van der Waals surface area contributed by atoms with Gasteiger partial charge in [0.1, 0.15) is 0 Å². The first-order valence-electron chi connectivity index (χ1n) is 5.97. The zero-order valence-corrected chi connectivity index (χ0v) is 12.1.